The quantitative estimate of drug-likeness (QED) is 0.793. The summed E-state index contributed by atoms with van der Waals surface area (Å²) in [6.45, 7) is 6.52. The highest BCUT2D eigenvalue weighted by Crippen LogP contribution is 2.25. The molecule has 2 aromatic rings. The van der Waals surface area contributed by atoms with E-state index < -0.39 is 0 Å². The molecule has 0 saturated heterocycles. The number of carbonyl (C=O) groups excluding carboxylic acids is 1. The minimum absolute atomic E-state index is 0.191. The molecule has 0 aliphatic rings. The third-order valence-corrected chi connectivity index (χ3v) is 3.81. The molecule has 1 heterocycles. The molecule has 5 nitrogen and oxygen atoms in total. The molecule has 1 aromatic heterocycles. The summed E-state index contributed by atoms with van der Waals surface area (Å²) >= 11 is 1.27. The number of anilines is 2. The molecule has 21 heavy (non-hydrogen) atoms. The third-order valence-electron chi connectivity index (χ3n) is 2.81. The summed E-state index contributed by atoms with van der Waals surface area (Å²) in [5, 5.41) is 6.69. The highest BCUT2D eigenvalue weighted by atomic mass is 32.1. The summed E-state index contributed by atoms with van der Waals surface area (Å²) < 4.78 is 0. The zero-order valence-electron chi connectivity index (χ0n) is 12.4. The number of nitrogen functional groups attached to an aromatic ring is 1. The molecule has 0 spiro atoms. The van der Waals surface area contributed by atoms with Crippen LogP contribution in [0.5, 0.6) is 0 Å². The van der Waals surface area contributed by atoms with Gasteiger partial charge < -0.3 is 16.4 Å². The van der Waals surface area contributed by atoms with Crippen LogP contribution >= 0.6 is 11.3 Å². The first kappa shape index (κ1) is 15.3. The van der Waals surface area contributed by atoms with Crippen molar-refractivity contribution in [3.63, 3.8) is 0 Å². The predicted molar refractivity (Wildman–Crippen MR) is 87.6 cm³/mol. The lowest BCUT2D eigenvalue weighted by molar-refractivity contribution is 0.0955. The van der Waals surface area contributed by atoms with Crippen molar-refractivity contribution in [1.82, 2.24) is 10.3 Å². The van der Waals surface area contributed by atoms with Gasteiger partial charge in [-0.25, -0.2) is 4.98 Å². The maximum atomic E-state index is 12.2. The average molecular weight is 304 g/mol. The summed E-state index contributed by atoms with van der Waals surface area (Å²) in [6, 6.07) is 8.27. The standard InChI is InChI=1S/C15H20N4OS/c1-9(2)18-15-19-13(16)12(21-15)14(20)17-8-11-6-4-5-10(3)7-11/h4-7,9H,8,16H2,1-3H3,(H,17,20)(H,18,19). The Kier molecular flexibility index (Phi) is 4.80. The van der Waals surface area contributed by atoms with Gasteiger partial charge in [-0.2, -0.15) is 0 Å². The van der Waals surface area contributed by atoms with Gasteiger partial charge in [0.2, 0.25) is 0 Å². The molecule has 0 atom stereocenters. The van der Waals surface area contributed by atoms with Gasteiger partial charge in [0.05, 0.1) is 0 Å². The Bertz CT molecular complexity index is 636. The minimum atomic E-state index is -0.191. The van der Waals surface area contributed by atoms with E-state index >= 15 is 0 Å². The first-order valence-electron chi connectivity index (χ1n) is 6.82. The molecule has 0 radical (unpaired) electrons. The number of nitrogens with one attached hydrogen (secondary N) is 2. The van der Waals surface area contributed by atoms with Crippen molar-refractivity contribution >= 4 is 28.2 Å². The maximum absolute atomic E-state index is 12.2. The molecule has 4 N–H and O–H groups in total. The van der Waals surface area contributed by atoms with Crippen molar-refractivity contribution in [2.24, 2.45) is 0 Å². The van der Waals surface area contributed by atoms with Gasteiger partial charge >= 0.3 is 0 Å². The van der Waals surface area contributed by atoms with Gasteiger partial charge in [-0.05, 0) is 26.3 Å². The normalized spacial score (nSPS) is 10.7. The molecule has 1 aromatic carbocycles. The SMILES string of the molecule is Cc1cccc(CNC(=O)c2sc(NC(C)C)nc2N)c1. The van der Waals surface area contributed by atoms with Crippen molar-refractivity contribution in [3.8, 4) is 0 Å². The van der Waals surface area contributed by atoms with E-state index in [1.165, 1.54) is 16.9 Å². The molecule has 0 saturated carbocycles. The van der Waals surface area contributed by atoms with Crippen molar-refractivity contribution in [3.05, 3.63) is 40.3 Å². The zero-order chi connectivity index (χ0) is 15.4. The van der Waals surface area contributed by atoms with E-state index in [0.717, 1.165) is 5.56 Å². The van der Waals surface area contributed by atoms with Gasteiger partial charge in [-0.15, -0.1) is 0 Å². The minimum Gasteiger partial charge on any atom is -0.382 e. The van der Waals surface area contributed by atoms with Crippen molar-refractivity contribution in [2.75, 3.05) is 11.1 Å². The van der Waals surface area contributed by atoms with Gasteiger partial charge in [0.25, 0.3) is 5.91 Å². The number of nitrogens with two attached hydrogens (primary N) is 1. The smallest absolute Gasteiger partial charge is 0.265 e. The number of rotatable bonds is 5. The number of aromatic nitrogens is 1. The monoisotopic (exact) mass is 304 g/mol. The number of nitrogens with zero attached hydrogens (tertiary/aromatic N) is 1. The van der Waals surface area contributed by atoms with E-state index in [4.69, 9.17) is 5.73 Å². The Morgan fingerprint density at radius 3 is 2.86 bits per heavy atom. The van der Waals surface area contributed by atoms with Crippen LogP contribution in [-0.4, -0.2) is 16.9 Å². The molecular weight excluding hydrogens is 284 g/mol. The molecule has 6 heteroatoms. The first-order chi connectivity index (χ1) is 9.95. The van der Waals surface area contributed by atoms with Crippen LogP contribution in [0.1, 0.15) is 34.6 Å². The summed E-state index contributed by atoms with van der Waals surface area (Å²) in [5.74, 6) is 0.0770. The van der Waals surface area contributed by atoms with Crippen LogP contribution in [0.15, 0.2) is 24.3 Å². The third kappa shape index (κ3) is 4.19. The van der Waals surface area contributed by atoms with E-state index in [9.17, 15) is 4.79 Å². The lowest BCUT2D eigenvalue weighted by Crippen LogP contribution is -2.22. The van der Waals surface area contributed by atoms with Crippen molar-refractivity contribution in [1.29, 1.82) is 0 Å². The molecule has 0 unspecified atom stereocenters. The lowest BCUT2D eigenvalue weighted by Gasteiger charge is -2.05. The summed E-state index contributed by atoms with van der Waals surface area (Å²) in [5.41, 5.74) is 8.04. The Morgan fingerprint density at radius 2 is 2.19 bits per heavy atom. The largest absolute Gasteiger partial charge is 0.382 e. The second-order valence-corrected chi connectivity index (χ2v) is 6.20. The van der Waals surface area contributed by atoms with E-state index in [0.29, 0.717) is 16.6 Å². The molecule has 112 valence electrons. The Morgan fingerprint density at radius 1 is 1.43 bits per heavy atom. The topological polar surface area (TPSA) is 80.0 Å². The van der Waals surface area contributed by atoms with E-state index in [1.54, 1.807) is 0 Å². The van der Waals surface area contributed by atoms with Crippen molar-refractivity contribution in [2.45, 2.75) is 33.4 Å². The Labute approximate surface area is 128 Å². The molecule has 0 bridgehead atoms. The molecule has 2 rings (SSSR count). The Balaban J connectivity index is 2.01. The molecule has 0 aliphatic carbocycles. The second-order valence-electron chi connectivity index (χ2n) is 5.20. The van der Waals surface area contributed by atoms with Crippen LogP contribution in [0.3, 0.4) is 0 Å². The maximum Gasteiger partial charge on any atom is 0.265 e. The van der Waals surface area contributed by atoms with Crippen LogP contribution in [-0.2, 0) is 6.54 Å². The van der Waals surface area contributed by atoms with Gasteiger partial charge in [0, 0.05) is 12.6 Å². The number of hydrogen-bond donors (Lipinski definition) is 3. The van der Waals surface area contributed by atoms with Gasteiger partial charge in [0.1, 0.15) is 10.7 Å². The average Bonchev–Trinajstić information content (AvgIpc) is 2.76. The van der Waals surface area contributed by atoms with Crippen molar-refractivity contribution < 1.29 is 4.79 Å². The number of thiazole rings is 1. The van der Waals surface area contributed by atoms with E-state index in [-0.39, 0.29) is 17.8 Å². The fourth-order valence-electron chi connectivity index (χ4n) is 1.89. The predicted octanol–water partition coefficient (Wildman–Crippen LogP) is 2.78. The summed E-state index contributed by atoms with van der Waals surface area (Å²) in [4.78, 5) is 16.8. The van der Waals surface area contributed by atoms with Gasteiger partial charge in [0.15, 0.2) is 5.13 Å². The zero-order valence-corrected chi connectivity index (χ0v) is 13.3. The number of benzene rings is 1. The fraction of sp³-hybridized carbons (Fsp3) is 0.333. The summed E-state index contributed by atoms with van der Waals surface area (Å²) in [7, 11) is 0. The van der Waals surface area contributed by atoms with Gasteiger partial charge in [-0.1, -0.05) is 41.2 Å². The molecule has 1 amide bonds. The number of carbonyl (C=O) groups is 1. The van der Waals surface area contributed by atoms with Crippen LogP contribution in [0.25, 0.3) is 0 Å². The molecular formula is C15H20N4OS. The number of hydrogen-bond acceptors (Lipinski definition) is 5. The summed E-state index contributed by atoms with van der Waals surface area (Å²) in [6.07, 6.45) is 0. The highest BCUT2D eigenvalue weighted by molar-refractivity contribution is 7.18. The van der Waals surface area contributed by atoms with Crippen LogP contribution in [0.4, 0.5) is 10.9 Å². The fourth-order valence-corrected chi connectivity index (χ4v) is 2.84. The first-order valence-corrected chi connectivity index (χ1v) is 7.64. The van der Waals surface area contributed by atoms with Crippen LogP contribution < -0.4 is 16.4 Å². The lowest BCUT2D eigenvalue weighted by atomic mass is 10.1. The van der Waals surface area contributed by atoms with Gasteiger partial charge in [-0.3, -0.25) is 4.79 Å². The van der Waals surface area contributed by atoms with Crippen LogP contribution in [0.2, 0.25) is 0 Å². The number of aryl methyl sites for hydroxylation is 1. The molecule has 0 aliphatic heterocycles. The number of amides is 1. The second kappa shape index (κ2) is 6.58. The molecule has 0 fully saturated rings. The van der Waals surface area contributed by atoms with Crippen LogP contribution in [0, 0.1) is 6.92 Å². The highest BCUT2D eigenvalue weighted by Gasteiger charge is 2.16. The Hall–Kier alpha value is -2.08. The van der Waals surface area contributed by atoms with E-state index in [1.807, 2.05) is 45.0 Å². The van der Waals surface area contributed by atoms with E-state index in [2.05, 4.69) is 15.6 Å².